The monoisotopic (exact) mass is 575 g/mol. The lowest BCUT2D eigenvalue weighted by molar-refractivity contribution is -0.384. The number of ketones is 1. The molecule has 0 saturated carbocycles. The topological polar surface area (TPSA) is 103 Å². The van der Waals surface area contributed by atoms with E-state index in [1.54, 1.807) is 42.5 Å². The molecule has 1 saturated heterocycles. The smallest absolute Gasteiger partial charge is 0.293 e. The van der Waals surface area contributed by atoms with Crippen molar-refractivity contribution in [3.63, 3.8) is 0 Å². The summed E-state index contributed by atoms with van der Waals surface area (Å²) in [7, 11) is 0. The highest BCUT2D eigenvalue weighted by Gasteiger charge is 2.36. The molecular weight excluding hydrogens is 558 g/mol. The van der Waals surface area contributed by atoms with Gasteiger partial charge in [0.25, 0.3) is 16.8 Å². The van der Waals surface area contributed by atoms with Crippen molar-refractivity contribution in [1.82, 2.24) is 9.47 Å². The number of rotatable bonds is 7. The summed E-state index contributed by atoms with van der Waals surface area (Å²) in [5.41, 5.74) is 2.99. The van der Waals surface area contributed by atoms with E-state index in [1.165, 1.54) is 12.1 Å². The van der Waals surface area contributed by atoms with Crippen LogP contribution in [0.25, 0.3) is 17.0 Å². The number of benzene rings is 3. The van der Waals surface area contributed by atoms with Crippen LogP contribution in [-0.2, 0) is 11.3 Å². The predicted molar refractivity (Wildman–Crippen MR) is 145 cm³/mol. The first-order valence-corrected chi connectivity index (χ1v) is 12.8. The van der Waals surface area contributed by atoms with Crippen LogP contribution < -0.4 is 0 Å². The molecule has 10 heteroatoms. The fourth-order valence-corrected chi connectivity index (χ4v) is 5.18. The van der Waals surface area contributed by atoms with Crippen LogP contribution in [0.1, 0.15) is 21.5 Å². The Labute approximate surface area is 223 Å². The van der Waals surface area contributed by atoms with Gasteiger partial charge in [-0.1, -0.05) is 58.4 Å². The maximum atomic E-state index is 13.1. The number of nitro benzene ring substituents is 1. The number of carbonyl (C=O) groups excluding carboxylic acids is 3. The van der Waals surface area contributed by atoms with E-state index in [0.717, 1.165) is 43.2 Å². The minimum atomic E-state index is -0.507. The summed E-state index contributed by atoms with van der Waals surface area (Å²) in [4.78, 5) is 50.0. The van der Waals surface area contributed by atoms with E-state index in [0.29, 0.717) is 12.1 Å². The lowest BCUT2D eigenvalue weighted by Crippen LogP contribution is -2.33. The third-order valence-corrected chi connectivity index (χ3v) is 7.38. The summed E-state index contributed by atoms with van der Waals surface area (Å²) in [5.74, 6) is -0.830. The van der Waals surface area contributed by atoms with Crippen LogP contribution in [0.15, 0.2) is 88.4 Å². The number of fused-ring (bicyclic) bond motifs is 1. The van der Waals surface area contributed by atoms with Gasteiger partial charge >= 0.3 is 0 Å². The van der Waals surface area contributed by atoms with Gasteiger partial charge in [0, 0.05) is 51.4 Å². The molecule has 0 radical (unpaired) electrons. The Morgan fingerprint density at radius 2 is 1.70 bits per heavy atom. The summed E-state index contributed by atoms with van der Waals surface area (Å²) >= 11 is 4.13. The Morgan fingerprint density at radius 3 is 2.41 bits per heavy atom. The number of nitro groups is 1. The molecule has 1 aliphatic heterocycles. The minimum absolute atomic E-state index is 0.0242. The van der Waals surface area contributed by atoms with Crippen molar-refractivity contribution in [1.29, 1.82) is 0 Å². The average molecular weight is 576 g/mol. The first-order chi connectivity index (χ1) is 17.8. The zero-order valence-corrected chi connectivity index (χ0v) is 21.6. The molecule has 184 valence electrons. The van der Waals surface area contributed by atoms with Gasteiger partial charge in [0.2, 0.25) is 0 Å². The second-order valence-electron chi connectivity index (χ2n) is 8.35. The molecule has 0 bridgehead atoms. The van der Waals surface area contributed by atoms with Crippen LogP contribution in [0.2, 0.25) is 0 Å². The number of aromatic nitrogens is 1. The molecule has 0 spiro atoms. The Bertz CT molecular complexity index is 1590. The van der Waals surface area contributed by atoms with Crippen molar-refractivity contribution in [3.05, 3.63) is 115 Å². The van der Waals surface area contributed by atoms with Crippen LogP contribution in [0.4, 0.5) is 10.5 Å². The van der Waals surface area contributed by atoms with E-state index in [2.05, 4.69) is 15.9 Å². The normalized spacial score (nSPS) is 14.6. The number of hydrogen-bond donors (Lipinski definition) is 0. The molecule has 4 aromatic rings. The van der Waals surface area contributed by atoms with E-state index in [-0.39, 0.29) is 22.9 Å². The van der Waals surface area contributed by atoms with E-state index in [4.69, 9.17) is 0 Å². The van der Waals surface area contributed by atoms with Gasteiger partial charge in [-0.3, -0.25) is 29.4 Å². The number of thioether (sulfide) groups is 1. The maximum absolute atomic E-state index is 13.1. The third kappa shape index (κ3) is 5.11. The molecule has 1 fully saturated rings. The van der Waals surface area contributed by atoms with Crippen molar-refractivity contribution in [2.24, 2.45) is 0 Å². The molecule has 0 unspecified atom stereocenters. The summed E-state index contributed by atoms with van der Waals surface area (Å²) in [6.07, 6.45) is 3.55. The minimum Gasteiger partial charge on any atom is -0.342 e. The largest absolute Gasteiger partial charge is 0.342 e. The molecule has 0 atom stereocenters. The van der Waals surface area contributed by atoms with E-state index >= 15 is 0 Å². The van der Waals surface area contributed by atoms with Gasteiger partial charge in [0.05, 0.1) is 16.4 Å². The van der Waals surface area contributed by atoms with E-state index < -0.39 is 16.1 Å². The second-order valence-corrected chi connectivity index (χ2v) is 10.3. The zero-order chi connectivity index (χ0) is 26.1. The fraction of sp³-hybridized carbons (Fsp3) is 0.0741. The lowest BCUT2D eigenvalue weighted by Gasteiger charge is -2.11. The SMILES string of the molecule is O=C(CN1C(=O)S/C(=C\c2cn(Cc3ccc([N+](=O)[O-])cc3)c3ccccc23)C1=O)c1ccc(Br)cc1. The van der Waals surface area contributed by atoms with Crippen molar-refractivity contribution in [2.75, 3.05) is 6.54 Å². The number of para-hydroxylation sites is 1. The number of imide groups is 1. The van der Waals surface area contributed by atoms with Gasteiger partial charge in [-0.25, -0.2) is 0 Å². The lowest BCUT2D eigenvalue weighted by atomic mass is 10.1. The first kappa shape index (κ1) is 24.7. The second kappa shape index (κ2) is 10.2. The van der Waals surface area contributed by atoms with Crippen LogP contribution >= 0.6 is 27.7 Å². The Kier molecular flexibility index (Phi) is 6.77. The fourth-order valence-electron chi connectivity index (χ4n) is 4.09. The highest BCUT2D eigenvalue weighted by atomic mass is 79.9. The number of non-ortho nitro benzene ring substituents is 1. The molecule has 8 nitrogen and oxygen atoms in total. The molecule has 2 amide bonds. The van der Waals surface area contributed by atoms with Crippen molar-refractivity contribution in [3.8, 4) is 0 Å². The van der Waals surface area contributed by atoms with Crippen molar-refractivity contribution >= 4 is 67.3 Å². The quantitative estimate of drug-likeness (QED) is 0.111. The molecular formula is C27H18BrN3O5S. The van der Waals surface area contributed by atoms with Crippen LogP contribution in [-0.4, -0.2) is 37.9 Å². The molecule has 1 aromatic heterocycles. The number of nitrogens with zero attached hydrogens (tertiary/aromatic N) is 3. The molecule has 2 heterocycles. The van der Waals surface area contributed by atoms with Gasteiger partial charge < -0.3 is 4.57 Å². The molecule has 5 rings (SSSR count). The van der Waals surface area contributed by atoms with Gasteiger partial charge in [-0.2, -0.15) is 0 Å². The molecule has 0 aliphatic carbocycles. The molecule has 37 heavy (non-hydrogen) atoms. The highest BCUT2D eigenvalue weighted by molar-refractivity contribution is 9.10. The Hall–Kier alpha value is -4.02. The van der Waals surface area contributed by atoms with Crippen LogP contribution in [0.5, 0.6) is 0 Å². The van der Waals surface area contributed by atoms with E-state index in [9.17, 15) is 24.5 Å². The predicted octanol–water partition coefficient (Wildman–Crippen LogP) is 6.28. The summed E-state index contributed by atoms with van der Waals surface area (Å²) < 4.78 is 2.81. The first-order valence-electron chi connectivity index (χ1n) is 11.2. The van der Waals surface area contributed by atoms with Crippen LogP contribution in [0.3, 0.4) is 0 Å². The average Bonchev–Trinajstić information content (AvgIpc) is 3.36. The third-order valence-electron chi connectivity index (χ3n) is 5.95. The number of carbonyl (C=O) groups is 3. The van der Waals surface area contributed by atoms with Gasteiger partial charge in [-0.05, 0) is 41.6 Å². The number of halogens is 1. The maximum Gasteiger partial charge on any atom is 0.293 e. The van der Waals surface area contributed by atoms with Crippen molar-refractivity contribution in [2.45, 2.75) is 6.54 Å². The van der Waals surface area contributed by atoms with E-state index in [1.807, 2.05) is 35.0 Å². The Morgan fingerprint density at radius 1 is 1.00 bits per heavy atom. The number of Topliss-reactive ketones (excluding diaryl/α,β-unsaturated/α-hetero) is 1. The van der Waals surface area contributed by atoms with Gasteiger partial charge in [0.15, 0.2) is 5.78 Å². The van der Waals surface area contributed by atoms with Crippen molar-refractivity contribution < 1.29 is 19.3 Å². The summed E-state index contributed by atoms with van der Waals surface area (Å²) in [6.45, 7) is 0.140. The number of hydrogen-bond acceptors (Lipinski definition) is 6. The molecule has 3 aromatic carbocycles. The standard InChI is InChI=1S/C27H18BrN3O5S/c28-20-9-7-18(8-10-20)24(32)16-30-26(33)25(37-27(30)34)13-19-15-29(23-4-2-1-3-22(19)23)14-17-5-11-21(12-6-17)31(35)36/h1-13,15H,14,16H2/b25-13-. The number of amides is 2. The summed E-state index contributed by atoms with van der Waals surface area (Å²) in [6, 6.07) is 20.7. The Balaban J connectivity index is 1.40. The summed E-state index contributed by atoms with van der Waals surface area (Å²) in [5, 5.41) is 11.3. The highest BCUT2D eigenvalue weighted by Crippen LogP contribution is 2.34. The van der Waals surface area contributed by atoms with Gasteiger partial charge in [0.1, 0.15) is 0 Å². The van der Waals surface area contributed by atoms with Gasteiger partial charge in [-0.15, -0.1) is 0 Å². The molecule has 0 N–H and O–H groups in total. The molecule has 1 aliphatic rings. The van der Waals surface area contributed by atoms with Crippen LogP contribution in [0, 0.1) is 10.1 Å². The zero-order valence-electron chi connectivity index (χ0n) is 19.2.